The highest BCUT2D eigenvalue weighted by Gasteiger charge is 2.42. The third-order valence-electron chi connectivity index (χ3n) is 6.63. The van der Waals surface area contributed by atoms with E-state index in [-0.39, 0.29) is 17.1 Å². The minimum Gasteiger partial charge on any atom is -0.342 e. The third-order valence-corrected chi connectivity index (χ3v) is 6.63. The fourth-order valence-electron chi connectivity index (χ4n) is 4.65. The summed E-state index contributed by atoms with van der Waals surface area (Å²) in [7, 11) is 0. The van der Waals surface area contributed by atoms with E-state index in [4.69, 9.17) is 0 Å². The van der Waals surface area contributed by atoms with Gasteiger partial charge in [-0.15, -0.1) is 0 Å². The van der Waals surface area contributed by atoms with Crippen LogP contribution in [0.4, 0.5) is 4.39 Å². The van der Waals surface area contributed by atoms with Crippen LogP contribution in [-0.4, -0.2) is 47.8 Å². The van der Waals surface area contributed by atoms with Crippen molar-refractivity contribution < 1.29 is 14.0 Å². The van der Waals surface area contributed by atoms with Gasteiger partial charge in [0.05, 0.1) is 0 Å². The van der Waals surface area contributed by atoms with Crippen molar-refractivity contribution in [1.82, 2.24) is 9.80 Å². The molecule has 3 fully saturated rings. The van der Waals surface area contributed by atoms with Crippen molar-refractivity contribution in [3.05, 3.63) is 35.6 Å². The molecule has 1 spiro atoms. The molecule has 1 aliphatic carbocycles. The lowest BCUT2D eigenvalue weighted by atomic mass is 9.71. The van der Waals surface area contributed by atoms with Crippen LogP contribution in [0.3, 0.4) is 0 Å². The number of halogens is 1. The molecule has 4 nitrogen and oxygen atoms in total. The molecule has 1 aromatic carbocycles. The number of piperidine rings is 2. The number of rotatable bonds is 3. The topological polar surface area (TPSA) is 40.6 Å². The highest BCUT2D eigenvalue weighted by molar-refractivity contribution is 5.94. The van der Waals surface area contributed by atoms with Crippen molar-refractivity contribution in [1.29, 1.82) is 0 Å². The predicted molar refractivity (Wildman–Crippen MR) is 97.1 cm³/mol. The molecule has 1 aromatic rings. The van der Waals surface area contributed by atoms with Gasteiger partial charge in [-0.1, -0.05) is 12.5 Å². The highest BCUT2D eigenvalue weighted by Crippen LogP contribution is 2.41. The first-order chi connectivity index (χ1) is 12.5. The van der Waals surface area contributed by atoms with Gasteiger partial charge in [0, 0.05) is 38.2 Å². The predicted octanol–water partition coefficient (Wildman–Crippen LogP) is 3.47. The van der Waals surface area contributed by atoms with Gasteiger partial charge >= 0.3 is 0 Å². The average molecular weight is 358 g/mol. The van der Waals surface area contributed by atoms with Crippen LogP contribution < -0.4 is 0 Å². The number of nitrogens with zero attached hydrogens (tertiary/aromatic N) is 2. The zero-order chi connectivity index (χ0) is 18.1. The van der Waals surface area contributed by atoms with E-state index in [0.29, 0.717) is 36.9 Å². The van der Waals surface area contributed by atoms with Crippen LogP contribution in [0, 0.1) is 17.2 Å². The summed E-state index contributed by atoms with van der Waals surface area (Å²) >= 11 is 0. The molecule has 3 aliphatic rings. The first kappa shape index (κ1) is 17.5. The number of amides is 2. The van der Waals surface area contributed by atoms with Crippen LogP contribution in [-0.2, 0) is 4.79 Å². The molecule has 0 N–H and O–H groups in total. The van der Waals surface area contributed by atoms with Gasteiger partial charge in [-0.25, -0.2) is 4.39 Å². The standard InChI is InChI=1S/C21H27FN2O2/c22-18-6-2-5-17(13-18)20(26)23-11-9-21(10-12-23)8-7-19(25)24(15-21)14-16-3-1-4-16/h2,5-6,13,16H,1,3-4,7-12,14-15H2. The fourth-order valence-corrected chi connectivity index (χ4v) is 4.65. The SMILES string of the molecule is O=C1CCC2(CCN(C(=O)c3cccc(F)c3)CC2)CN1CC1CCC1. The Kier molecular flexibility index (Phi) is 4.72. The smallest absolute Gasteiger partial charge is 0.253 e. The van der Waals surface area contributed by atoms with Crippen molar-refractivity contribution >= 4 is 11.8 Å². The van der Waals surface area contributed by atoms with Crippen molar-refractivity contribution in [2.24, 2.45) is 11.3 Å². The molecule has 4 rings (SSSR count). The summed E-state index contributed by atoms with van der Waals surface area (Å²) in [5.74, 6) is 0.545. The van der Waals surface area contributed by atoms with Gasteiger partial charge in [-0.3, -0.25) is 9.59 Å². The summed E-state index contributed by atoms with van der Waals surface area (Å²) in [4.78, 5) is 28.9. The second kappa shape index (κ2) is 7.01. The third kappa shape index (κ3) is 3.49. The highest BCUT2D eigenvalue weighted by atomic mass is 19.1. The quantitative estimate of drug-likeness (QED) is 0.830. The lowest BCUT2D eigenvalue weighted by Crippen LogP contribution is -2.53. The minimum atomic E-state index is -0.373. The van der Waals surface area contributed by atoms with E-state index in [0.717, 1.165) is 32.4 Å². The maximum absolute atomic E-state index is 13.4. The molecule has 0 aromatic heterocycles. The monoisotopic (exact) mass is 358 g/mol. The molecule has 2 saturated heterocycles. The van der Waals surface area contributed by atoms with E-state index in [1.54, 1.807) is 12.1 Å². The van der Waals surface area contributed by atoms with Crippen molar-refractivity contribution in [3.8, 4) is 0 Å². The summed E-state index contributed by atoms with van der Waals surface area (Å²) in [5, 5.41) is 0. The Morgan fingerprint density at radius 2 is 1.96 bits per heavy atom. The van der Waals surface area contributed by atoms with Crippen LogP contribution in [0.5, 0.6) is 0 Å². The second-order valence-corrected chi connectivity index (χ2v) is 8.37. The van der Waals surface area contributed by atoms with E-state index in [1.807, 2.05) is 4.90 Å². The number of carbonyl (C=O) groups excluding carboxylic acids is 2. The normalized spacial score (nSPS) is 23.2. The van der Waals surface area contributed by atoms with Crippen LogP contribution in [0.2, 0.25) is 0 Å². The zero-order valence-electron chi connectivity index (χ0n) is 15.3. The van der Waals surface area contributed by atoms with Crippen molar-refractivity contribution in [3.63, 3.8) is 0 Å². The zero-order valence-corrected chi connectivity index (χ0v) is 15.3. The Hall–Kier alpha value is -1.91. The lowest BCUT2D eigenvalue weighted by molar-refractivity contribution is -0.140. The summed E-state index contributed by atoms with van der Waals surface area (Å²) < 4.78 is 13.4. The minimum absolute atomic E-state index is 0.0856. The molecule has 140 valence electrons. The van der Waals surface area contributed by atoms with E-state index in [2.05, 4.69) is 4.90 Å². The maximum atomic E-state index is 13.4. The molecular formula is C21H27FN2O2. The Morgan fingerprint density at radius 3 is 2.62 bits per heavy atom. The molecule has 26 heavy (non-hydrogen) atoms. The fraction of sp³-hybridized carbons (Fsp3) is 0.619. The molecule has 2 heterocycles. The van der Waals surface area contributed by atoms with Gasteiger partial charge in [0.25, 0.3) is 5.91 Å². The van der Waals surface area contributed by atoms with E-state index >= 15 is 0 Å². The van der Waals surface area contributed by atoms with Crippen LogP contribution >= 0.6 is 0 Å². The Morgan fingerprint density at radius 1 is 1.19 bits per heavy atom. The second-order valence-electron chi connectivity index (χ2n) is 8.37. The van der Waals surface area contributed by atoms with Gasteiger partial charge in [0.2, 0.25) is 5.91 Å². The van der Waals surface area contributed by atoms with Gasteiger partial charge in [0.1, 0.15) is 5.82 Å². The summed E-state index contributed by atoms with van der Waals surface area (Å²) in [6.07, 6.45) is 7.26. The Labute approximate surface area is 154 Å². The van der Waals surface area contributed by atoms with E-state index in [1.165, 1.54) is 31.4 Å². The molecular weight excluding hydrogens is 331 g/mol. The molecule has 0 atom stereocenters. The van der Waals surface area contributed by atoms with Gasteiger partial charge in [-0.2, -0.15) is 0 Å². The average Bonchev–Trinajstić information content (AvgIpc) is 2.61. The Bertz CT molecular complexity index is 693. The maximum Gasteiger partial charge on any atom is 0.253 e. The molecule has 1 saturated carbocycles. The van der Waals surface area contributed by atoms with Crippen LogP contribution in [0.1, 0.15) is 55.3 Å². The first-order valence-electron chi connectivity index (χ1n) is 9.87. The van der Waals surface area contributed by atoms with Crippen LogP contribution in [0.25, 0.3) is 0 Å². The molecule has 0 radical (unpaired) electrons. The molecule has 5 heteroatoms. The molecule has 0 unspecified atom stereocenters. The summed E-state index contributed by atoms with van der Waals surface area (Å²) in [6.45, 7) is 3.17. The van der Waals surface area contributed by atoms with E-state index in [9.17, 15) is 14.0 Å². The number of carbonyl (C=O) groups is 2. The van der Waals surface area contributed by atoms with E-state index < -0.39 is 0 Å². The molecule has 2 amide bonds. The molecule has 0 bridgehead atoms. The number of benzene rings is 1. The van der Waals surface area contributed by atoms with Gasteiger partial charge in [-0.05, 0) is 61.6 Å². The number of hydrogen-bond donors (Lipinski definition) is 0. The van der Waals surface area contributed by atoms with Crippen LogP contribution in [0.15, 0.2) is 24.3 Å². The summed E-state index contributed by atoms with van der Waals surface area (Å²) in [6, 6.07) is 5.93. The van der Waals surface area contributed by atoms with Crippen molar-refractivity contribution in [2.75, 3.05) is 26.2 Å². The first-order valence-corrected chi connectivity index (χ1v) is 9.87. The number of hydrogen-bond acceptors (Lipinski definition) is 2. The lowest BCUT2D eigenvalue weighted by Gasteiger charge is -2.48. The molecule has 2 aliphatic heterocycles. The largest absolute Gasteiger partial charge is 0.342 e. The number of likely N-dealkylation sites (tertiary alicyclic amines) is 2. The van der Waals surface area contributed by atoms with Gasteiger partial charge in [0.15, 0.2) is 0 Å². The van der Waals surface area contributed by atoms with Crippen molar-refractivity contribution in [2.45, 2.75) is 44.9 Å². The van der Waals surface area contributed by atoms with Gasteiger partial charge < -0.3 is 9.80 Å². The Balaban J connectivity index is 1.37. The summed E-state index contributed by atoms with van der Waals surface area (Å²) in [5.41, 5.74) is 0.586.